The summed E-state index contributed by atoms with van der Waals surface area (Å²) < 4.78 is 26.3. The van der Waals surface area contributed by atoms with E-state index in [9.17, 15) is 0 Å². The van der Waals surface area contributed by atoms with Crippen molar-refractivity contribution in [1.29, 1.82) is 0 Å². The largest absolute Gasteiger partial charge is 0.500 e. The van der Waals surface area contributed by atoms with Crippen LogP contribution in [0.15, 0.2) is 0 Å². The van der Waals surface area contributed by atoms with E-state index in [0.29, 0.717) is 19.3 Å². The second-order valence-corrected chi connectivity index (χ2v) is 6.52. The molecule has 0 N–H and O–H groups in total. The van der Waals surface area contributed by atoms with Crippen molar-refractivity contribution in [3.63, 3.8) is 0 Å². The number of hydrogen-bond acceptors (Lipinski definition) is 5. The Balaban J connectivity index is 0.00000121. The maximum absolute atomic E-state index is 5.42. The van der Waals surface area contributed by atoms with Crippen molar-refractivity contribution in [2.45, 2.75) is 18.6 Å². The first-order valence-electron chi connectivity index (χ1n) is 5.49. The average molecular weight is 303 g/mol. The van der Waals surface area contributed by atoms with Crippen LogP contribution in [0.3, 0.4) is 0 Å². The molecule has 104 valence electrons. The summed E-state index contributed by atoms with van der Waals surface area (Å²) in [5.74, 6) is 0. The molecular formula is C9H23ClO5Si2. The zero-order valence-electron chi connectivity index (χ0n) is 11.0. The summed E-state index contributed by atoms with van der Waals surface area (Å²) in [5.41, 5.74) is 0. The molecule has 0 bridgehead atoms. The van der Waals surface area contributed by atoms with Crippen LogP contribution in [0.25, 0.3) is 0 Å². The summed E-state index contributed by atoms with van der Waals surface area (Å²) in [5, 5.41) is 0. The van der Waals surface area contributed by atoms with Crippen LogP contribution in [-0.4, -0.2) is 65.6 Å². The van der Waals surface area contributed by atoms with Crippen LogP contribution in [0.5, 0.6) is 0 Å². The minimum absolute atomic E-state index is 0.333. The van der Waals surface area contributed by atoms with Gasteiger partial charge in [-0.05, 0) is 6.42 Å². The SMILES string of the molecule is CO[Si](CCCOCC1CO1)(OC)OC.[SiH3]Cl. The van der Waals surface area contributed by atoms with E-state index in [1.165, 1.54) is 0 Å². The summed E-state index contributed by atoms with van der Waals surface area (Å²) in [6.45, 7) is 2.24. The summed E-state index contributed by atoms with van der Waals surface area (Å²) in [6, 6.07) is 0.780. The van der Waals surface area contributed by atoms with Gasteiger partial charge in [0.25, 0.3) is 0 Å². The smallest absolute Gasteiger partial charge is 0.379 e. The van der Waals surface area contributed by atoms with Gasteiger partial charge in [0.15, 0.2) is 0 Å². The molecule has 0 aromatic carbocycles. The molecule has 0 saturated carbocycles. The van der Waals surface area contributed by atoms with Gasteiger partial charge in [0, 0.05) is 34.0 Å². The standard InChI is InChI=1S/C9H20O5Si.ClH3Si/c1-10-15(11-2,12-3)6-4-5-13-7-9-8-14-9;1-2/h9H,4-8H2,1-3H3;2H3. The Hall–Kier alpha value is 0.524. The number of hydrogen-bond donors (Lipinski definition) is 0. The van der Waals surface area contributed by atoms with E-state index in [1.807, 2.05) is 0 Å². The predicted octanol–water partition coefficient (Wildman–Crippen LogP) is 0.176. The minimum Gasteiger partial charge on any atom is -0.379 e. The summed E-state index contributed by atoms with van der Waals surface area (Å²) >= 11 is 4.78. The molecule has 0 aliphatic carbocycles. The molecule has 0 radical (unpaired) electrons. The molecule has 0 amide bonds. The fourth-order valence-electron chi connectivity index (χ4n) is 1.33. The van der Waals surface area contributed by atoms with Crippen LogP contribution in [0, 0.1) is 0 Å². The van der Waals surface area contributed by atoms with E-state index in [0.717, 1.165) is 28.6 Å². The highest BCUT2D eigenvalue weighted by molar-refractivity contribution is 6.80. The van der Waals surface area contributed by atoms with Crippen molar-refractivity contribution in [3.05, 3.63) is 0 Å². The van der Waals surface area contributed by atoms with Gasteiger partial charge >= 0.3 is 8.80 Å². The monoisotopic (exact) mass is 302 g/mol. The Kier molecular flexibility index (Phi) is 10.8. The van der Waals surface area contributed by atoms with Gasteiger partial charge in [-0.3, -0.25) is 0 Å². The third-order valence-electron chi connectivity index (χ3n) is 2.41. The first kappa shape index (κ1) is 17.5. The highest BCUT2D eigenvalue weighted by atomic mass is 35.6. The molecule has 1 heterocycles. The molecule has 1 unspecified atom stereocenters. The maximum Gasteiger partial charge on any atom is 0.500 e. The lowest BCUT2D eigenvalue weighted by Gasteiger charge is -2.24. The van der Waals surface area contributed by atoms with Gasteiger partial charge in [-0.2, -0.15) is 11.1 Å². The van der Waals surface area contributed by atoms with Crippen LogP contribution in [-0.2, 0) is 22.8 Å². The van der Waals surface area contributed by atoms with Crippen molar-refractivity contribution in [2.24, 2.45) is 0 Å². The van der Waals surface area contributed by atoms with Gasteiger partial charge in [0.05, 0.1) is 13.2 Å². The Bertz CT molecular complexity index is 171. The highest BCUT2D eigenvalue weighted by Gasteiger charge is 2.36. The van der Waals surface area contributed by atoms with Crippen LogP contribution < -0.4 is 0 Å². The summed E-state index contributed by atoms with van der Waals surface area (Å²) in [4.78, 5) is 0. The summed E-state index contributed by atoms with van der Waals surface area (Å²) in [6.07, 6.45) is 1.22. The molecule has 1 saturated heterocycles. The van der Waals surface area contributed by atoms with Gasteiger partial charge in [0.2, 0.25) is 0 Å². The summed E-state index contributed by atoms with van der Waals surface area (Å²) in [7, 11) is 3.26. The van der Waals surface area contributed by atoms with Crippen LogP contribution in [0.4, 0.5) is 0 Å². The molecule has 8 heteroatoms. The molecule has 0 aromatic heterocycles. The van der Waals surface area contributed by atoms with Gasteiger partial charge in [-0.15, -0.1) is 0 Å². The number of ether oxygens (including phenoxy) is 2. The number of epoxide rings is 1. The Morgan fingerprint density at radius 3 is 2.18 bits per heavy atom. The van der Waals surface area contributed by atoms with E-state index in [-0.39, 0.29) is 0 Å². The Morgan fingerprint density at radius 2 is 1.76 bits per heavy atom. The molecule has 1 aliphatic heterocycles. The average Bonchev–Trinajstić information content (AvgIpc) is 3.21. The lowest BCUT2D eigenvalue weighted by molar-refractivity contribution is 0.100. The van der Waals surface area contributed by atoms with Crippen molar-refractivity contribution in [2.75, 3.05) is 41.2 Å². The number of halogens is 1. The van der Waals surface area contributed by atoms with E-state index in [1.54, 1.807) is 21.3 Å². The maximum atomic E-state index is 5.42. The van der Waals surface area contributed by atoms with Crippen LogP contribution in [0.1, 0.15) is 6.42 Å². The molecule has 1 fully saturated rings. The van der Waals surface area contributed by atoms with Crippen molar-refractivity contribution < 1.29 is 22.8 Å². The molecule has 0 aromatic rings. The second kappa shape index (κ2) is 10.4. The minimum atomic E-state index is -2.39. The zero-order chi connectivity index (χ0) is 13.1. The molecular weight excluding hydrogens is 280 g/mol. The third-order valence-corrected chi connectivity index (χ3v) is 5.24. The third kappa shape index (κ3) is 7.52. The van der Waals surface area contributed by atoms with Crippen LogP contribution in [0.2, 0.25) is 6.04 Å². The molecule has 1 rings (SSSR count). The fraction of sp³-hybridized carbons (Fsp3) is 1.00. The van der Waals surface area contributed by atoms with E-state index in [2.05, 4.69) is 0 Å². The molecule has 1 aliphatic rings. The van der Waals surface area contributed by atoms with E-state index < -0.39 is 8.80 Å². The molecule has 1 atom stereocenters. The quantitative estimate of drug-likeness (QED) is 0.263. The second-order valence-electron chi connectivity index (χ2n) is 3.43. The first-order valence-corrected chi connectivity index (χ1v) is 10.4. The molecule has 5 nitrogen and oxygen atoms in total. The van der Waals surface area contributed by atoms with Gasteiger partial charge < -0.3 is 22.8 Å². The zero-order valence-corrected chi connectivity index (χ0v) is 14.8. The van der Waals surface area contributed by atoms with Crippen LogP contribution >= 0.6 is 11.1 Å². The molecule has 17 heavy (non-hydrogen) atoms. The van der Waals surface area contributed by atoms with E-state index >= 15 is 0 Å². The topological polar surface area (TPSA) is 49.5 Å². The van der Waals surface area contributed by atoms with Crippen molar-refractivity contribution >= 4 is 29.4 Å². The Morgan fingerprint density at radius 1 is 1.24 bits per heavy atom. The normalized spacial score (nSPS) is 18.7. The lowest BCUT2D eigenvalue weighted by atomic mass is 10.5. The van der Waals surface area contributed by atoms with Gasteiger partial charge in [-0.1, -0.05) is 0 Å². The first-order chi connectivity index (χ1) is 8.26. The van der Waals surface area contributed by atoms with Gasteiger partial charge in [0.1, 0.15) is 15.7 Å². The molecule has 0 spiro atoms. The van der Waals surface area contributed by atoms with Gasteiger partial charge in [-0.25, -0.2) is 0 Å². The Labute approximate surface area is 112 Å². The highest BCUT2D eigenvalue weighted by Crippen LogP contribution is 2.15. The number of rotatable bonds is 9. The fourth-order valence-corrected chi connectivity index (χ4v) is 3.02. The lowest BCUT2D eigenvalue weighted by Crippen LogP contribution is -2.42. The van der Waals surface area contributed by atoms with E-state index in [4.69, 9.17) is 33.8 Å². The van der Waals surface area contributed by atoms with Crippen molar-refractivity contribution in [1.82, 2.24) is 0 Å². The predicted molar refractivity (Wildman–Crippen MR) is 72.6 cm³/mol. The van der Waals surface area contributed by atoms with Crippen molar-refractivity contribution in [3.8, 4) is 0 Å².